The maximum absolute atomic E-state index is 13.1. The first-order chi connectivity index (χ1) is 14.3. The number of nitrogens with one attached hydrogen (secondary N) is 1. The molecule has 5 nitrogen and oxygen atoms in total. The minimum atomic E-state index is -0.567. The molecule has 0 bridgehead atoms. The van der Waals surface area contributed by atoms with Gasteiger partial charge in [-0.1, -0.05) is 43.6 Å². The minimum absolute atomic E-state index is 0.131. The lowest BCUT2D eigenvalue weighted by Crippen LogP contribution is -2.50. The Morgan fingerprint density at radius 3 is 2.37 bits per heavy atom. The Balaban J connectivity index is 2.18. The number of amides is 2. The van der Waals surface area contributed by atoms with Crippen molar-refractivity contribution in [1.29, 1.82) is 0 Å². The summed E-state index contributed by atoms with van der Waals surface area (Å²) in [6.45, 7) is 8.69. The van der Waals surface area contributed by atoms with E-state index in [0.29, 0.717) is 30.3 Å². The third-order valence-corrected chi connectivity index (χ3v) is 5.29. The van der Waals surface area contributed by atoms with Crippen LogP contribution in [0.1, 0.15) is 43.4 Å². The highest BCUT2D eigenvalue weighted by Gasteiger charge is 2.28. The first kappa shape index (κ1) is 23.7. The van der Waals surface area contributed by atoms with Crippen molar-refractivity contribution in [1.82, 2.24) is 10.2 Å². The van der Waals surface area contributed by atoms with E-state index < -0.39 is 6.04 Å². The number of aryl methyl sites for hydroxylation is 2. The quantitative estimate of drug-likeness (QED) is 0.595. The van der Waals surface area contributed by atoms with Gasteiger partial charge in [-0.2, -0.15) is 0 Å². The summed E-state index contributed by atoms with van der Waals surface area (Å²) >= 11 is 5.98. The van der Waals surface area contributed by atoms with Crippen LogP contribution >= 0.6 is 11.6 Å². The molecule has 2 aromatic rings. The molecule has 2 amide bonds. The fourth-order valence-electron chi connectivity index (χ4n) is 3.10. The van der Waals surface area contributed by atoms with E-state index in [9.17, 15) is 9.59 Å². The van der Waals surface area contributed by atoms with E-state index in [-0.39, 0.29) is 18.4 Å². The topological polar surface area (TPSA) is 58.6 Å². The highest BCUT2D eigenvalue weighted by molar-refractivity contribution is 6.30. The monoisotopic (exact) mass is 430 g/mol. The highest BCUT2D eigenvalue weighted by Crippen LogP contribution is 2.18. The van der Waals surface area contributed by atoms with Gasteiger partial charge >= 0.3 is 0 Å². The first-order valence-electron chi connectivity index (χ1n) is 10.4. The average molecular weight is 431 g/mol. The molecule has 0 heterocycles. The zero-order valence-corrected chi connectivity index (χ0v) is 19.0. The molecule has 0 fully saturated rings. The molecule has 0 aliphatic rings. The van der Waals surface area contributed by atoms with E-state index in [1.54, 1.807) is 17.0 Å². The average Bonchev–Trinajstić information content (AvgIpc) is 2.74. The standard InChI is InChI=1S/C24H31ClN2O3/c1-5-13-26-24(29)22(6-2)27(15-19-8-10-20(25)11-9-19)23(28)16-30-21-12-7-17(3)18(4)14-21/h7-12,14,22H,5-6,13,15-16H2,1-4H3,(H,26,29). The fraction of sp³-hybridized carbons (Fsp3) is 0.417. The third-order valence-electron chi connectivity index (χ3n) is 5.04. The van der Waals surface area contributed by atoms with Crippen molar-refractivity contribution in [3.8, 4) is 5.75 Å². The fourth-order valence-corrected chi connectivity index (χ4v) is 3.23. The lowest BCUT2D eigenvalue weighted by atomic mass is 10.1. The Kier molecular flexibility index (Phi) is 9.18. The second-order valence-electron chi connectivity index (χ2n) is 7.40. The number of hydrogen-bond donors (Lipinski definition) is 1. The first-order valence-corrected chi connectivity index (χ1v) is 10.7. The third kappa shape index (κ3) is 6.77. The summed E-state index contributed by atoms with van der Waals surface area (Å²) in [5.41, 5.74) is 3.17. The van der Waals surface area contributed by atoms with Crippen LogP contribution in [0, 0.1) is 13.8 Å². The van der Waals surface area contributed by atoms with Crippen LogP contribution < -0.4 is 10.1 Å². The molecule has 1 unspecified atom stereocenters. The molecular formula is C24H31ClN2O3. The number of ether oxygens (including phenoxy) is 1. The van der Waals surface area contributed by atoms with Gasteiger partial charge in [-0.15, -0.1) is 0 Å². The van der Waals surface area contributed by atoms with E-state index >= 15 is 0 Å². The van der Waals surface area contributed by atoms with Crippen LogP contribution in [0.5, 0.6) is 5.75 Å². The lowest BCUT2D eigenvalue weighted by Gasteiger charge is -2.30. The van der Waals surface area contributed by atoms with Gasteiger partial charge in [0.15, 0.2) is 6.61 Å². The van der Waals surface area contributed by atoms with Gasteiger partial charge in [-0.05, 0) is 67.6 Å². The van der Waals surface area contributed by atoms with Crippen LogP contribution in [0.25, 0.3) is 0 Å². The number of halogens is 1. The molecule has 1 N–H and O–H groups in total. The smallest absolute Gasteiger partial charge is 0.261 e. The Morgan fingerprint density at radius 2 is 1.77 bits per heavy atom. The molecule has 0 aliphatic heterocycles. The molecule has 6 heteroatoms. The zero-order valence-electron chi connectivity index (χ0n) is 18.2. The van der Waals surface area contributed by atoms with Crippen molar-refractivity contribution >= 4 is 23.4 Å². The van der Waals surface area contributed by atoms with E-state index in [4.69, 9.17) is 16.3 Å². The zero-order chi connectivity index (χ0) is 22.1. The summed E-state index contributed by atoms with van der Waals surface area (Å²) in [6, 6.07) is 12.5. The van der Waals surface area contributed by atoms with Crippen LogP contribution in [-0.2, 0) is 16.1 Å². The van der Waals surface area contributed by atoms with Crippen molar-refractivity contribution < 1.29 is 14.3 Å². The van der Waals surface area contributed by atoms with E-state index in [2.05, 4.69) is 5.32 Å². The molecule has 0 aromatic heterocycles. The van der Waals surface area contributed by atoms with Gasteiger partial charge in [-0.3, -0.25) is 9.59 Å². The number of benzene rings is 2. The SMILES string of the molecule is CCCNC(=O)C(CC)N(Cc1ccc(Cl)cc1)C(=O)COc1ccc(C)c(C)c1. The number of nitrogens with zero attached hydrogens (tertiary/aromatic N) is 1. The molecule has 2 rings (SSSR count). The number of carbonyl (C=O) groups excluding carboxylic acids is 2. The van der Waals surface area contributed by atoms with Crippen molar-refractivity contribution in [3.05, 3.63) is 64.2 Å². The summed E-state index contributed by atoms with van der Waals surface area (Å²) in [7, 11) is 0. The van der Waals surface area contributed by atoms with Crippen LogP contribution in [0.4, 0.5) is 0 Å². The molecule has 30 heavy (non-hydrogen) atoms. The summed E-state index contributed by atoms with van der Waals surface area (Å²) in [6.07, 6.45) is 1.35. The normalized spacial score (nSPS) is 11.6. The lowest BCUT2D eigenvalue weighted by molar-refractivity contribution is -0.143. The van der Waals surface area contributed by atoms with Gasteiger partial charge in [-0.25, -0.2) is 0 Å². The molecule has 0 saturated carbocycles. The summed E-state index contributed by atoms with van der Waals surface area (Å²) < 4.78 is 5.75. The van der Waals surface area contributed by atoms with Crippen molar-refractivity contribution in [2.24, 2.45) is 0 Å². The van der Waals surface area contributed by atoms with Gasteiger partial charge in [0.05, 0.1) is 0 Å². The Hall–Kier alpha value is -2.53. The Bertz CT molecular complexity index is 852. The van der Waals surface area contributed by atoms with Gasteiger partial charge in [0.25, 0.3) is 5.91 Å². The van der Waals surface area contributed by atoms with E-state index in [0.717, 1.165) is 23.1 Å². The molecule has 162 valence electrons. The van der Waals surface area contributed by atoms with Gasteiger partial charge in [0, 0.05) is 18.1 Å². The maximum atomic E-state index is 13.1. The van der Waals surface area contributed by atoms with Crippen molar-refractivity contribution in [3.63, 3.8) is 0 Å². The minimum Gasteiger partial charge on any atom is -0.484 e. The second-order valence-corrected chi connectivity index (χ2v) is 7.83. The van der Waals surface area contributed by atoms with Gasteiger partial charge in [0.2, 0.25) is 5.91 Å². The Labute approximate surface area is 184 Å². The molecule has 2 aromatic carbocycles. The number of rotatable bonds is 10. The summed E-state index contributed by atoms with van der Waals surface area (Å²) in [4.78, 5) is 27.4. The van der Waals surface area contributed by atoms with Gasteiger partial charge in [0.1, 0.15) is 11.8 Å². The summed E-state index contributed by atoms with van der Waals surface area (Å²) in [5, 5.41) is 3.53. The van der Waals surface area contributed by atoms with Crippen LogP contribution in [0.2, 0.25) is 5.02 Å². The molecule has 0 spiro atoms. The van der Waals surface area contributed by atoms with Crippen molar-refractivity contribution in [2.45, 2.75) is 53.1 Å². The second kappa shape index (κ2) is 11.6. The van der Waals surface area contributed by atoms with Crippen molar-refractivity contribution in [2.75, 3.05) is 13.2 Å². The molecule has 0 saturated heterocycles. The summed E-state index contributed by atoms with van der Waals surface area (Å²) in [5.74, 6) is 0.260. The van der Waals surface area contributed by atoms with Crippen LogP contribution in [-0.4, -0.2) is 35.9 Å². The molecular weight excluding hydrogens is 400 g/mol. The predicted octanol–water partition coefficient (Wildman–Crippen LogP) is 4.67. The molecule has 0 aliphatic carbocycles. The van der Waals surface area contributed by atoms with E-state index in [1.807, 2.05) is 58.0 Å². The number of hydrogen-bond acceptors (Lipinski definition) is 3. The maximum Gasteiger partial charge on any atom is 0.261 e. The number of carbonyl (C=O) groups is 2. The molecule has 1 atom stereocenters. The largest absolute Gasteiger partial charge is 0.484 e. The predicted molar refractivity (Wildman–Crippen MR) is 121 cm³/mol. The van der Waals surface area contributed by atoms with Crippen LogP contribution in [0.15, 0.2) is 42.5 Å². The van der Waals surface area contributed by atoms with Gasteiger partial charge < -0.3 is 15.0 Å². The molecule has 0 radical (unpaired) electrons. The van der Waals surface area contributed by atoms with E-state index in [1.165, 1.54) is 0 Å². The highest BCUT2D eigenvalue weighted by atomic mass is 35.5. The Morgan fingerprint density at radius 1 is 1.07 bits per heavy atom. The van der Waals surface area contributed by atoms with Crippen LogP contribution in [0.3, 0.4) is 0 Å².